The van der Waals surface area contributed by atoms with Crippen LogP contribution in [0.4, 0.5) is 0 Å². The van der Waals surface area contributed by atoms with Gasteiger partial charge in [-0.15, -0.1) is 0 Å². The van der Waals surface area contributed by atoms with E-state index in [4.69, 9.17) is 0 Å². The van der Waals surface area contributed by atoms with Crippen LogP contribution in [0.1, 0.15) is 25.3 Å². The maximum absolute atomic E-state index is 10.8. The number of hydrogen-bond donors (Lipinski definition) is 2. The number of hydrazine groups is 1. The first-order chi connectivity index (χ1) is 8.74. The lowest BCUT2D eigenvalue weighted by Crippen LogP contribution is -2.48. The molecule has 0 radical (unpaired) electrons. The summed E-state index contributed by atoms with van der Waals surface area (Å²) in [4.78, 5) is 13.3. The quantitative estimate of drug-likeness (QED) is 0.788. The van der Waals surface area contributed by atoms with Gasteiger partial charge in [-0.25, -0.2) is 5.43 Å². The fraction of sp³-hybridized carbons (Fsp3) is 0.500. The normalized spacial score (nSPS) is 17.6. The highest BCUT2D eigenvalue weighted by Crippen LogP contribution is 2.13. The molecule has 1 amide bonds. The Bertz CT molecular complexity index is 372. The van der Waals surface area contributed by atoms with E-state index in [9.17, 15) is 4.79 Å². The zero-order valence-electron chi connectivity index (χ0n) is 10.9. The summed E-state index contributed by atoms with van der Waals surface area (Å²) in [5, 5.41) is 0. The van der Waals surface area contributed by atoms with E-state index in [1.165, 1.54) is 12.5 Å². The summed E-state index contributed by atoms with van der Waals surface area (Å²) in [7, 11) is 0. The van der Waals surface area contributed by atoms with Crippen molar-refractivity contribution in [2.24, 2.45) is 0 Å². The van der Waals surface area contributed by atoms with Crippen LogP contribution in [0.15, 0.2) is 30.3 Å². The minimum atomic E-state index is -0.0262. The molecule has 1 aromatic carbocycles. The van der Waals surface area contributed by atoms with Crippen LogP contribution < -0.4 is 10.9 Å². The number of rotatable bonds is 4. The summed E-state index contributed by atoms with van der Waals surface area (Å²) < 4.78 is 0. The second kappa shape index (κ2) is 6.52. The molecular formula is C14H21N3O. The van der Waals surface area contributed by atoms with Crippen molar-refractivity contribution in [2.45, 2.75) is 32.4 Å². The molecule has 0 bridgehead atoms. The van der Waals surface area contributed by atoms with Gasteiger partial charge >= 0.3 is 0 Å². The smallest absolute Gasteiger partial charge is 0.230 e. The predicted octanol–water partition coefficient (Wildman–Crippen LogP) is 1.29. The summed E-state index contributed by atoms with van der Waals surface area (Å²) in [6.07, 6.45) is 2.15. The van der Waals surface area contributed by atoms with Gasteiger partial charge in [0.25, 0.3) is 0 Å². The number of carbonyl (C=O) groups is 1. The van der Waals surface area contributed by atoms with E-state index in [-0.39, 0.29) is 5.91 Å². The first kappa shape index (κ1) is 13.1. The van der Waals surface area contributed by atoms with Crippen molar-refractivity contribution in [3.63, 3.8) is 0 Å². The molecule has 1 aromatic rings. The van der Waals surface area contributed by atoms with Gasteiger partial charge in [0.1, 0.15) is 0 Å². The Morgan fingerprint density at radius 1 is 1.28 bits per heavy atom. The van der Waals surface area contributed by atoms with Crippen molar-refractivity contribution < 1.29 is 4.79 Å². The van der Waals surface area contributed by atoms with Crippen molar-refractivity contribution in [3.8, 4) is 0 Å². The highest BCUT2D eigenvalue weighted by Gasteiger charge is 2.18. The number of carbonyl (C=O) groups excluding carboxylic acids is 1. The molecule has 0 spiro atoms. The van der Waals surface area contributed by atoms with Gasteiger partial charge in [-0.1, -0.05) is 30.3 Å². The van der Waals surface area contributed by atoms with Crippen molar-refractivity contribution in [1.29, 1.82) is 0 Å². The van der Waals surface area contributed by atoms with E-state index in [1.54, 1.807) is 0 Å². The number of hydrogen-bond acceptors (Lipinski definition) is 3. The third-order valence-corrected chi connectivity index (χ3v) is 3.29. The summed E-state index contributed by atoms with van der Waals surface area (Å²) in [5.41, 5.74) is 7.12. The maximum atomic E-state index is 10.8. The molecule has 1 aliphatic heterocycles. The van der Waals surface area contributed by atoms with Crippen LogP contribution in [-0.2, 0) is 11.3 Å². The van der Waals surface area contributed by atoms with Gasteiger partial charge in [-0.2, -0.15) is 0 Å². The summed E-state index contributed by atoms with van der Waals surface area (Å²) in [5.74, 6) is -0.0262. The second-order valence-corrected chi connectivity index (χ2v) is 4.86. The first-order valence-corrected chi connectivity index (χ1v) is 6.52. The van der Waals surface area contributed by atoms with Gasteiger partial charge in [0.05, 0.1) is 0 Å². The van der Waals surface area contributed by atoms with Crippen molar-refractivity contribution in [3.05, 3.63) is 35.9 Å². The van der Waals surface area contributed by atoms with E-state index in [0.717, 1.165) is 32.5 Å². The number of piperidine rings is 1. The molecule has 1 aliphatic rings. The molecular weight excluding hydrogens is 226 g/mol. The number of nitrogens with one attached hydrogen (secondary N) is 2. The molecule has 2 rings (SSSR count). The van der Waals surface area contributed by atoms with Gasteiger partial charge in [0.15, 0.2) is 0 Å². The van der Waals surface area contributed by atoms with Crippen LogP contribution in [0.5, 0.6) is 0 Å². The fourth-order valence-corrected chi connectivity index (χ4v) is 2.28. The van der Waals surface area contributed by atoms with Crippen LogP contribution in [0.2, 0.25) is 0 Å². The molecule has 0 unspecified atom stereocenters. The van der Waals surface area contributed by atoms with Gasteiger partial charge in [0.2, 0.25) is 5.91 Å². The lowest BCUT2D eigenvalue weighted by molar-refractivity contribution is -0.120. The highest BCUT2D eigenvalue weighted by atomic mass is 16.2. The standard InChI is InChI=1S/C14H21N3O/c1-12(18)15-16-14-7-9-17(10-8-14)11-13-5-3-2-4-6-13/h2-6,14,16H,7-11H2,1H3,(H,15,18). The third-order valence-electron chi connectivity index (χ3n) is 3.29. The second-order valence-electron chi connectivity index (χ2n) is 4.86. The fourth-order valence-electron chi connectivity index (χ4n) is 2.28. The SMILES string of the molecule is CC(=O)NNC1CCN(Cc2ccccc2)CC1. The predicted molar refractivity (Wildman–Crippen MR) is 71.7 cm³/mol. The van der Waals surface area contributed by atoms with E-state index < -0.39 is 0 Å². The van der Waals surface area contributed by atoms with E-state index in [1.807, 2.05) is 6.07 Å². The molecule has 1 heterocycles. The zero-order valence-corrected chi connectivity index (χ0v) is 10.9. The molecule has 18 heavy (non-hydrogen) atoms. The molecule has 0 atom stereocenters. The topological polar surface area (TPSA) is 44.4 Å². The highest BCUT2D eigenvalue weighted by molar-refractivity contribution is 5.72. The summed E-state index contributed by atoms with van der Waals surface area (Å²) in [6, 6.07) is 11.0. The third kappa shape index (κ3) is 4.13. The van der Waals surface area contributed by atoms with Crippen LogP contribution in [0.3, 0.4) is 0 Å². The first-order valence-electron chi connectivity index (χ1n) is 6.52. The Labute approximate surface area is 108 Å². The number of likely N-dealkylation sites (tertiary alicyclic amines) is 1. The Hall–Kier alpha value is -1.39. The molecule has 2 N–H and O–H groups in total. The number of benzene rings is 1. The molecule has 98 valence electrons. The van der Waals surface area contributed by atoms with Crippen LogP contribution in [0, 0.1) is 0 Å². The van der Waals surface area contributed by atoms with Gasteiger partial charge in [-0.3, -0.25) is 15.1 Å². The van der Waals surface area contributed by atoms with Crippen molar-refractivity contribution in [2.75, 3.05) is 13.1 Å². The molecule has 1 fully saturated rings. The van der Waals surface area contributed by atoms with Gasteiger partial charge in [0, 0.05) is 32.6 Å². The number of amides is 1. The van der Waals surface area contributed by atoms with E-state index in [2.05, 4.69) is 40.0 Å². The molecule has 4 nitrogen and oxygen atoms in total. The molecule has 1 saturated heterocycles. The van der Waals surface area contributed by atoms with Gasteiger partial charge in [-0.05, 0) is 18.4 Å². The average molecular weight is 247 g/mol. The Morgan fingerprint density at radius 3 is 2.56 bits per heavy atom. The molecule has 0 aliphatic carbocycles. The average Bonchev–Trinajstić information content (AvgIpc) is 2.39. The molecule has 0 saturated carbocycles. The largest absolute Gasteiger partial charge is 0.299 e. The van der Waals surface area contributed by atoms with Crippen molar-refractivity contribution in [1.82, 2.24) is 15.8 Å². The number of nitrogens with zero attached hydrogens (tertiary/aromatic N) is 1. The summed E-state index contributed by atoms with van der Waals surface area (Å²) in [6.45, 7) is 4.70. The summed E-state index contributed by atoms with van der Waals surface area (Å²) >= 11 is 0. The monoisotopic (exact) mass is 247 g/mol. The lowest BCUT2D eigenvalue weighted by Gasteiger charge is -2.32. The van der Waals surface area contributed by atoms with E-state index in [0.29, 0.717) is 6.04 Å². The molecule has 4 heteroatoms. The Morgan fingerprint density at radius 2 is 1.94 bits per heavy atom. The minimum absolute atomic E-state index is 0.0262. The van der Waals surface area contributed by atoms with Crippen LogP contribution >= 0.6 is 0 Å². The van der Waals surface area contributed by atoms with Crippen LogP contribution in [-0.4, -0.2) is 29.9 Å². The lowest BCUT2D eigenvalue weighted by atomic mass is 10.0. The molecule has 0 aromatic heterocycles. The van der Waals surface area contributed by atoms with E-state index >= 15 is 0 Å². The minimum Gasteiger partial charge on any atom is -0.299 e. The maximum Gasteiger partial charge on any atom is 0.230 e. The Kier molecular flexibility index (Phi) is 4.73. The van der Waals surface area contributed by atoms with Gasteiger partial charge < -0.3 is 0 Å². The Balaban J connectivity index is 1.72. The van der Waals surface area contributed by atoms with Crippen molar-refractivity contribution >= 4 is 5.91 Å². The van der Waals surface area contributed by atoms with Crippen LogP contribution in [0.25, 0.3) is 0 Å². The zero-order chi connectivity index (χ0) is 12.8.